The van der Waals surface area contributed by atoms with Crippen molar-refractivity contribution in [2.45, 2.75) is 44.6 Å². The van der Waals surface area contributed by atoms with Gasteiger partial charge in [0.25, 0.3) is 0 Å². The molecule has 2 aromatic rings. The van der Waals surface area contributed by atoms with E-state index in [9.17, 15) is 8.42 Å². The number of nitrogens with one attached hydrogen (secondary N) is 1. The molecular formula is C19H28N6O2S. The fourth-order valence-electron chi connectivity index (χ4n) is 3.14. The highest BCUT2D eigenvalue weighted by atomic mass is 32.2. The number of benzene rings is 1. The Morgan fingerprint density at radius 1 is 1.07 bits per heavy atom. The molecule has 0 unspecified atom stereocenters. The Morgan fingerprint density at radius 2 is 1.79 bits per heavy atom. The van der Waals surface area contributed by atoms with Gasteiger partial charge in [-0.15, -0.1) is 0 Å². The lowest BCUT2D eigenvalue weighted by Crippen LogP contribution is -2.33. The second-order valence-corrected chi connectivity index (χ2v) is 9.12. The van der Waals surface area contributed by atoms with Crippen molar-refractivity contribution in [3.8, 4) is 0 Å². The highest BCUT2D eigenvalue weighted by molar-refractivity contribution is 7.89. The van der Waals surface area contributed by atoms with Gasteiger partial charge in [-0.1, -0.05) is 12.1 Å². The zero-order valence-corrected chi connectivity index (χ0v) is 17.8. The van der Waals surface area contributed by atoms with Crippen LogP contribution in [0.3, 0.4) is 0 Å². The Kier molecular flexibility index (Phi) is 6.14. The number of aromatic nitrogens is 3. The van der Waals surface area contributed by atoms with Crippen LogP contribution in [0.4, 0.5) is 11.9 Å². The maximum Gasteiger partial charge on any atom is 0.241 e. The van der Waals surface area contributed by atoms with Crippen LogP contribution in [0.25, 0.3) is 0 Å². The van der Waals surface area contributed by atoms with Gasteiger partial charge in [0.05, 0.1) is 11.4 Å². The predicted octanol–water partition coefficient (Wildman–Crippen LogP) is 2.02. The third-order valence-corrected chi connectivity index (χ3v) is 6.29. The maximum atomic E-state index is 12.8. The van der Waals surface area contributed by atoms with E-state index in [1.807, 2.05) is 33.2 Å². The molecule has 9 heteroatoms. The molecule has 152 valence electrons. The molecule has 1 aromatic carbocycles. The van der Waals surface area contributed by atoms with Crippen molar-refractivity contribution in [3.63, 3.8) is 0 Å². The number of nitrogens with zero attached hydrogens (tertiary/aromatic N) is 5. The second kappa shape index (κ2) is 8.40. The lowest BCUT2D eigenvalue weighted by molar-refractivity contribution is 0.563. The van der Waals surface area contributed by atoms with Crippen LogP contribution in [0.15, 0.2) is 23.1 Å². The second-order valence-electron chi connectivity index (χ2n) is 7.39. The molecule has 1 aliphatic heterocycles. The Bertz CT molecular complexity index is 939. The van der Waals surface area contributed by atoms with E-state index in [0.717, 1.165) is 31.5 Å². The van der Waals surface area contributed by atoms with Crippen LogP contribution in [-0.4, -0.2) is 50.6 Å². The van der Waals surface area contributed by atoms with Crippen LogP contribution >= 0.6 is 0 Å². The van der Waals surface area contributed by atoms with Gasteiger partial charge in [0, 0.05) is 27.2 Å². The molecule has 0 radical (unpaired) electrons. The molecule has 28 heavy (non-hydrogen) atoms. The highest BCUT2D eigenvalue weighted by Crippen LogP contribution is 2.19. The van der Waals surface area contributed by atoms with Gasteiger partial charge >= 0.3 is 0 Å². The zero-order chi connectivity index (χ0) is 20.3. The van der Waals surface area contributed by atoms with Crippen molar-refractivity contribution < 1.29 is 8.42 Å². The SMILES string of the molecule is Cc1ccc(C)c(S(=O)(=O)NCc2nc(N(C)C)nc(N3CCCCC3)n2)c1. The number of aryl methyl sites for hydroxylation is 2. The molecule has 0 amide bonds. The summed E-state index contributed by atoms with van der Waals surface area (Å²) in [5.74, 6) is 1.55. The Morgan fingerprint density at radius 3 is 2.46 bits per heavy atom. The number of sulfonamides is 1. The first-order valence-electron chi connectivity index (χ1n) is 9.50. The van der Waals surface area contributed by atoms with Gasteiger partial charge in [-0.2, -0.15) is 15.0 Å². The molecule has 0 aliphatic carbocycles. The molecule has 1 aliphatic rings. The topological polar surface area (TPSA) is 91.3 Å². The molecule has 1 saturated heterocycles. The normalized spacial score (nSPS) is 14.9. The monoisotopic (exact) mass is 404 g/mol. The molecule has 0 spiro atoms. The number of hydrogen-bond donors (Lipinski definition) is 1. The Hall–Kier alpha value is -2.26. The number of anilines is 2. The summed E-state index contributed by atoms with van der Waals surface area (Å²) in [5.41, 5.74) is 1.60. The third-order valence-electron chi connectivity index (χ3n) is 4.75. The quantitative estimate of drug-likeness (QED) is 0.787. The van der Waals surface area contributed by atoms with Crippen LogP contribution in [0.1, 0.15) is 36.2 Å². The summed E-state index contributed by atoms with van der Waals surface area (Å²) >= 11 is 0. The summed E-state index contributed by atoms with van der Waals surface area (Å²) in [6, 6.07) is 5.38. The van der Waals surface area contributed by atoms with Gasteiger partial charge in [0.2, 0.25) is 21.9 Å². The van der Waals surface area contributed by atoms with Crippen LogP contribution in [0.5, 0.6) is 0 Å². The summed E-state index contributed by atoms with van der Waals surface area (Å²) in [6.07, 6.45) is 3.43. The minimum Gasteiger partial charge on any atom is -0.347 e. The van der Waals surface area contributed by atoms with E-state index in [1.165, 1.54) is 6.42 Å². The maximum absolute atomic E-state index is 12.8. The van der Waals surface area contributed by atoms with Crippen molar-refractivity contribution in [2.75, 3.05) is 37.0 Å². The smallest absolute Gasteiger partial charge is 0.241 e. The van der Waals surface area contributed by atoms with E-state index < -0.39 is 10.0 Å². The number of rotatable bonds is 6. The summed E-state index contributed by atoms with van der Waals surface area (Å²) in [5, 5.41) is 0. The summed E-state index contributed by atoms with van der Waals surface area (Å²) < 4.78 is 28.2. The summed E-state index contributed by atoms with van der Waals surface area (Å²) in [6.45, 7) is 5.49. The van der Waals surface area contributed by atoms with Crippen LogP contribution in [0.2, 0.25) is 0 Å². The fourth-order valence-corrected chi connectivity index (χ4v) is 4.45. The van der Waals surface area contributed by atoms with Gasteiger partial charge in [0.1, 0.15) is 0 Å². The van der Waals surface area contributed by atoms with Crippen molar-refractivity contribution >= 4 is 21.9 Å². The van der Waals surface area contributed by atoms with Gasteiger partial charge in [-0.05, 0) is 50.3 Å². The first kappa shape index (κ1) is 20.5. The Balaban J connectivity index is 1.84. The molecule has 0 saturated carbocycles. The standard InChI is InChI=1S/C19H28N6O2S/c1-14-8-9-15(2)16(12-14)28(26,27)20-13-17-21-18(24(3)4)23-19(22-17)25-10-6-5-7-11-25/h8-9,12,20H,5-7,10-11,13H2,1-4H3. The fraction of sp³-hybridized carbons (Fsp3) is 0.526. The van der Waals surface area contributed by atoms with Crippen molar-refractivity contribution in [1.82, 2.24) is 19.7 Å². The van der Waals surface area contributed by atoms with E-state index in [2.05, 4.69) is 24.6 Å². The molecule has 8 nitrogen and oxygen atoms in total. The predicted molar refractivity (Wildman–Crippen MR) is 110 cm³/mol. The summed E-state index contributed by atoms with van der Waals surface area (Å²) in [4.78, 5) is 17.7. The minimum atomic E-state index is -3.66. The molecule has 1 fully saturated rings. The lowest BCUT2D eigenvalue weighted by Gasteiger charge is -2.27. The molecule has 3 rings (SSSR count). The molecule has 0 bridgehead atoms. The third kappa shape index (κ3) is 4.77. The van der Waals surface area contributed by atoms with Crippen molar-refractivity contribution in [1.29, 1.82) is 0 Å². The van der Waals surface area contributed by atoms with E-state index >= 15 is 0 Å². The van der Waals surface area contributed by atoms with Gasteiger partial charge in [0.15, 0.2) is 5.82 Å². The van der Waals surface area contributed by atoms with Crippen molar-refractivity contribution in [3.05, 3.63) is 35.2 Å². The Labute approximate surface area is 167 Å². The number of piperidine rings is 1. The van der Waals surface area contributed by atoms with E-state index in [0.29, 0.717) is 23.3 Å². The van der Waals surface area contributed by atoms with Crippen LogP contribution < -0.4 is 14.5 Å². The van der Waals surface area contributed by atoms with E-state index in [1.54, 1.807) is 17.9 Å². The van der Waals surface area contributed by atoms with Gasteiger partial charge < -0.3 is 9.80 Å². The van der Waals surface area contributed by atoms with Crippen LogP contribution in [0, 0.1) is 13.8 Å². The first-order valence-corrected chi connectivity index (χ1v) is 11.0. The van der Waals surface area contributed by atoms with Gasteiger partial charge in [-0.3, -0.25) is 0 Å². The van der Waals surface area contributed by atoms with E-state index in [4.69, 9.17) is 0 Å². The molecule has 0 atom stereocenters. The first-order chi connectivity index (χ1) is 13.3. The lowest BCUT2D eigenvalue weighted by atomic mass is 10.1. The average Bonchev–Trinajstić information content (AvgIpc) is 2.68. The summed E-state index contributed by atoms with van der Waals surface area (Å²) in [7, 11) is 0.0609. The zero-order valence-electron chi connectivity index (χ0n) is 16.9. The molecule has 1 N–H and O–H groups in total. The number of hydrogen-bond acceptors (Lipinski definition) is 7. The minimum absolute atomic E-state index is 0.0138. The average molecular weight is 405 g/mol. The van der Waals surface area contributed by atoms with Gasteiger partial charge in [-0.25, -0.2) is 13.1 Å². The largest absolute Gasteiger partial charge is 0.347 e. The van der Waals surface area contributed by atoms with E-state index in [-0.39, 0.29) is 11.4 Å². The highest BCUT2D eigenvalue weighted by Gasteiger charge is 2.20. The molecule has 1 aromatic heterocycles. The molecule has 2 heterocycles. The van der Waals surface area contributed by atoms with Crippen LogP contribution in [-0.2, 0) is 16.6 Å². The molecular weight excluding hydrogens is 376 g/mol. The van der Waals surface area contributed by atoms with Crippen molar-refractivity contribution in [2.24, 2.45) is 0 Å².